The van der Waals surface area contributed by atoms with Gasteiger partial charge in [-0.05, 0) is 60.4 Å². The first-order valence-electron chi connectivity index (χ1n) is 9.34. The third-order valence-electron chi connectivity index (χ3n) is 4.91. The summed E-state index contributed by atoms with van der Waals surface area (Å²) in [4.78, 5) is 16.9. The molecule has 0 N–H and O–H groups in total. The van der Waals surface area contributed by atoms with Gasteiger partial charge in [-0.25, -0.2) is 4.98 Å². The molecule has 2 aromatic carbocycles. The Kier molecular flexibility index (Phi) is 5.24. The molecule has 0 aliphatic heterocycles. The predicted octanol–water partition coefficient (Wildman–Crippen LogP) is 4.18. The highest BCUT2D eigenvalue weighted by molar-refractivity contribution is 6.13. The van der Waals surface area contributed by atoms with Crippen molar-refractivity contribution in [1.82, 2.24) is 9.55 Å². The van der Waals surface area contributed by atoms with E-state index in [0.29, 0.717) is 6.61 Å². The summed E-state index contributed by atoms with van der Waals surface area (Å²) in [5.74, 6) is 1.71. The highest BCUT2D eigenvalue weighted by atomic mass is 16.5. The number of hydrogen-bond acceptors (Lipinski definition) is 4. The Hall–Kier alpha value is -3.34. The molecule has 1 aliphatic rings. The maximum atomic E-state index is 12.9. The van der Waals surface area contributed by atoms with Crippen LogP contribution in [0, 0.1) is 0 Å². The molecule has 1 aliphatic carbocycles. The third-order valence-corrected chi connectivity index (χ3v) is 4.91. The van der Waals surface area contributed by atoms with Crippen LogP contribution in [0.2, 0.25) is 0 Å². The number of nitrogens with zero attached hydrogens (tertiary/aromatic N) is 2. The van der Waals surface area contributed by atoms with Gasteiger partial charge in [-0.1, -0.05) is 12.1 Å². The van der Waals surface area contributed by atoms with Crippen LogP contribution in [0.3, 0.4) is 0 Å². The summed E-state index contributed by atoms with van der Waals surface area (Å²) in [5.41, 5.74) is 3.67. The van der Waals surface area contributed by atoms with Crippen LogP contribution in [0.5, 0.6) is 11.5 Å². The smallest absolute Gasteiger partial charge is 0.189 e. The second-order valence-corrected chi connectivity index (χ2v) is 6.74. The molecule has 5 heteroatoms. The minimum absolute atomic E-state index is 0.0991. The molecule has 3 aromatic rings. The van der Waals surface area contributed by atoms with Crippen LogP contribution >= 0.6 is 0 Å². The number of hydrogen-bond donors (Lipinski definition) is 0. The van der Waals surface area contributed by atoms with Gasteiger partial charge >= 0.3 is 0 Å². The second-order valence-electron chi connectivity index (χ2n) is 6.74. The lowest BCUT2D eigenvalue weighted by molar-refractivity contribution is 0.102. The van der Waals surface area contributed by atoms with E-state index in [1.807, 2.05) is 59.3 Å². The van der Waals surface area contributed by atoms with E-state index in [1.165, 1.54) is 0 Å². The van der Waals surface area contributed by atoms with E-state index in [1.54, 1.807) is 19.6 Å². The molecule has 142 valence electrons. The number of aromatic nitrogens is 2. The molecular formula is C23H22N2O3. The van der Waals surface area contributed by atoms with Crippen molar-refractivity contribution in [3.05, 3.63) is 83.4 Å². The van der Waals surface area contributed by atoms with Crippen molar-refractivity contribution in [3.8, 4) is 11.5 Å². The summed E-state index contributed by atoms with van der Waals surface area (Å²) in [7, 11) is 1.64. The molecular weight excluding hydrogens is 352 g/mol. The summed E-state index contributed by atoms with van der Waals surface area (Å²) < 4.78 is 13.0. The number of Topliss-reactive ketones (excluding diaryl/α,β-unsaturated/α-hetero) is 1. The van der Waals surface area contributed by atoms with Crippen LogP contribution in [-0.2, 0) is 13.0 Å². The Morgan fingerprint density at radius 1 is 1.11 bits per heavy atom. The standard InChI is InChI=1S/C23H22N2O3/c1-27-20-6-2-17(3-7-20)14-19-5-4-18-15-21(8-9-22(18)23(19)26)28-13-12-25-11-10-24-16-25/h2-3,6-11,14-16H,4-5,12-13H2,1H3/b19-14-. The number of methoxy groups -OCH3 is 1. The average Bonchev–Trinajstić information content (AvgIpc) is 3.24. The van der Waals surface area contributed by atoms with E-state index < -0.39 is 0 Å². The van der Waals surface area contributed by atoms with Gasteiger partial charge in [-0.2, -0.15) is 0 Å². The van der Waals surface area contributed by atoms with Gasteiger partial charge in [0.05, 0.1) is 20.0 Å². The number of rotatable bonds is 6. The number of carbonyl (C=O) groups is 1. The lowest BCUT2D eigenvalue weighted by Gasteiger charge is -2.19. The molecule has 1 aromatic heterocycles. The molecule has 0 amide bonds. The predicted molar refractivity (Wildman–Crippen MR) is 108 cm³/mol. The SMILES string of the molecule is COc1ccc(/C=C2/CCc3cc(OCCn4ccnc4)ccc3C2=O)cc1. The van der Waals surface area contributed by atoms with Gasteiger partial charge in [0.25, 0.3) is 0 Å². The monoisotopic (exact) mass is 374 g/mol. The van der Waals surface area contributed by atoms with Crippen LogP contribution in [-0.4, -0.2) is 29.1 Å². The first-order chi connectivity index (χ1) is 13.7. The second kappa shape index (κ2) is 8.13. The Bertz CT molecular complexity index is 989. The van der Waals surface area contributed by atoms with Crippen molar-refractivity contribution in [2.24, 2.45) is 0 Å². The van der Waals surface area contributed by atoms with E-state index in [9.17, 15) is 4.79 Å². The molecule has 0 saturated heterocycles. The average molecular weight is 374 g/mol. The van der Waals surface area contributed by atoms with Gasteiger partial charge in [0.2, 0.25) is 0 Å². The molecule has 1 heterocycles. The van der Waals surface area contributed by atoms with Crippen LogP contribution < -0.4 is 9.47 Å². The van der Waals surface area contributed by atoms with Crippen LogP contribution in [0.1, 0.15) is 27.9 Å². The molecule has 0 spiro atoms. The molecule has 0 unspecified atom stereocenters. The summed E-state index contributed by atoms with van der Waals surface area (Å²) in [6, 6.07) is 13.5. The van der Waals surface area contributed by atoms with E-state index in [0.717, 1.165) is 53.1 Å². The van der Waals surface area contributed by atoms with Crippen molar-refractivity contribution in [3.63, 3.8) is 0 Å². The maximum absolute atomic E-state index is 12.9. The zero-order valence-electron chi connectivity index (χ0n) is 15.8. The number of benzene rings is 2. The molecule has 0 atom stereocenters. The van der Waals surface area contributed by atoms with E-state index in [-0.39, 0.29) is 5.78 Å². The van der Waals surface area contributed by atoms with Crippen molar-refractivity contribution < 1.29 is 14.3 Å². The van der Waals surface area contributed by atoms with Crippen molar-refractivity contribution in [2.75, 3.05) is 13.7 Å². The minimum Gasteiger partial charge on any atom is -0.497 e. The van der Waals surface area contributed by atoms with Crippen LogP contribution in [0.4, 0.5) is 0 Å². The van der Waals surface area contributed by atoms with Gasteiger partial charge in [0.15, 0.2) is 5.78 Å². The number of imidazole rings is 1. The number of ketones is 1. The van der Waals surface area contributed by atoms with Crippen LogP contribution in [0.15, 0.2) is 66.8 Å². The first-order valence-corrected chi connectivity index (χ1v) is 9.34. The Labute approximate surface area is 164 Å². The Morgan fingerprint density at radius 2 is 1.93 bits per heavy atom. The van der Waals surface area contributed by atoms with E-state index >= 15 is 0 Å². The fourth-order valence-electron chi connectivity index (χ4n) is 3.37. The maximum Gasteiger partial charge on any atom is 0.189 e. The van der Waals surface area contributed by atoms with Gasteiger partial charge in [-0.15, -0.1) is 0 Å². The Morgan fingerprint density at radius 3 is 2.68 bits per heavy atom. The molecule has 0 saturated carbocycles. The summed E-state index contributed by atoms with van der Waals surface area (Å²) in [6.45, 7) is 1.30. The minimum atomic E-state index is 0.0991. The molecule has 0 fully saturated rings. The van der Waals surface area contributed by atoms with Crippen molar-refractivity contribution >= 4 is 11.9 Å². The van der Waals surface area contributed by atoms with Gasteiger partial charge in [0.1, 0.15) is 18.1 Å². The normalized spacial score (nSPS) is 14.8. The fourth-order valence-corrected chi connectivity index (χ4v) is 3.37. The molecule has 0 bridgehead atoms. The highest BCUT2D eigenvalue weighted by Gasteiger charge is 2.22. The number of fused-ring (bicyclic) bond motifs is 1. The van der Waals surface area contributed by atoms with Crippen molar-refractivity contribution in [2.45, 2.75) is 19.4 Å². The highest BCUT2D eigenvalue weighted by Crippen LogP contribution is 2.29. The van der Waals surface area contributed by atoms with Crippen molar-refractivity contribution in [1.29, 1.82) is 0 Å². The molecule has 28 heavy (non-hydrogen) atoms. The van der Waals surface area contributed by atoms with Gasteiger partial charge in [0, 0.05) is 23.5 Å². The van der Waals surface area contributed by atoms with Gasteiger partial charge < -0.3 is 14.0 Å². The van der Waals surface area contributed by atoms with E-state index in [4.69, 9.17) is 9.47 Å². The lowest BCUT2D eigenvalue weighted by Crippen LogP contribution is -2.14. The fraction of sp³-hybridized carbons (Fsp3) is 0.217. The quantitative estimate of drug-likeness (QED) is 0.607. The van der Waals surface area contributed by atoms with E-state index in [2.05, 4.69) is 4.98 Å². The number of carbonyl (C=O) groups excluding carboxylic acids is 1. The summed E-state index contributed by atoms with van der Waals surface area (Å²) >= 11 is 0. The first kappa shape index (κ1) is 18.0. The topological polar surface area (TPSA) is 53.4 Å². The lowest BCUT2D eigenvalue weighted by atomic mass is 9.86. The third kappa shape index (κ3) is 3.98. The summed E-state index contributed by atoms with van der Waals surface area (Å²) in [6.07, 6.45) is 8.97. The van der Waals surface area contributed by atoms with Gasteiger partial charge in [-0.3, -0.25) is 4.79 Å². The number of allylic oxidation sites excluding steroid dienone is 1. The zero-order valence-corrected chi connectivity index (χ0v) is 15.8. The Balaban J connectivity index is 1.45. The summed E-state index contributed by atoms with van der Waals surface area (Å²) in [5, 5.41) is 0. The van der Waals surface area contributed by atoms with Crippen LogP contribution in [0.25, 0.3) is 6.08 Å². The number of aryl methyl sites for hydroxylation is 1. The zero-order chi connectivity index (χ0) is 19.3. The molecule has 4 rings (SSSR count). The largest absolute Gasteiger partial charge is 0.497 e. The number of ether oxygens (including phenoxy) is 2. The molecule has 0 radical (unpaired) electrons. The molecule has 5 nitrogen and oxygen atoms in total.